The second-order valence-electron chi connectivity index (χ2n) is 6.05. The minimum Gasteiger partial charge on any atom is -0.277 e. The Hall–Kier alpha value is 0.0969. The molecular weight excluding hydrogens is 226 g/mol. The van der Waals surface area contributed by atoms with Crippen LogP contribution in [0, 0.1) is 0 Å². The first-order chi connectivity index (χ1) is 8.32. The molecular formula is C13H27N3Si. The molecule has 0 saturated carbocycles. The van der Waals surface area contributed by atoms with E-state index in [2.05, 4.69) is 14.7 Å². The Balaban J connectivity index is 1.81. The molecule has 3 rings (SSSR count). The van der Waals surface area contributed by atoms with Crippen molar-refractivity contribution in [3.63, 3.8) is 0 Å². The number of hydrogen-bond donors (Lipinski definition) is 0. The predicted molar refractivity (Wildman–Crippen MR) is 75.1 cm³/mol. The van der Waals surface area contributed by atoms with Crippen LogP contribution in [0.25, 0.3) is 0 Å². The van der Waals surface area contributed by atoms with E-state index in [1.165, 1.54) is 88.0 Å². The molecule has 3 nitrogen and oxygen atoms in total. The van der Waals surface area contributed by atoms with E-state index in [4.69, 9.17) is 0 Å². The molecule has 3 heterocycles. The Morgan fingerprint density at radius 3 is 1.00 bits per heavy atom. The van der Waals surface area contributed by atoms with E-state index < -0.39 is 0 Å². The Morgan fingerprint density at radius 1 is 0.529 bits per heavy atom. The van der Waals surface area contributed by atoms with Gasteiger partial charge in [0.25, 0.3) is 0 Å². The molecule has 3 fully saturated rings. The maximum atomic E-state index is 2.82. The van der Waals surface area contributed by atoms with Crippen molar-refractivity contribution in [3.8, 4) is 0 Å². The zero-order chi connectivity index (χ0) is 11.7. The fraction of sp³-hybridized carbons (Fsp3) is 1.00. The first-order valence-electron chi connectivity index (χ1n) is 7.57. The summed E-state index contributed by atoms with van der Waals surface area (Å²) in [6.45, 7) is 8.06. The summed E-state index contributed by atoms with van der Waals surface area (Å²) in [5.74, 6) is 0. The summed E-state index contributed by atoms with van der Waals surface area (Å²) in [5, 5.41) is 0. The number of rotatable bonds is 3. The van der Waals surface area contributed by atoms with Gasteiger partial charge in [0.1, 0.15) is 5.41 Å². The Labute approximate surface area is 109 Å². The van der Waals surface area contributed by atoms with E-state index in [0.717, 1.165) is 0 Å². The quantitative estimate of drug-likeness (QED) is 0.668. The molecule has 3 saturated heterocycles. The fourth-order valence-electron chi connectivity index (χ4n) is 4.02. The fourth-order valence-corrected chi connectivity index (χ4v) is 5.36. The van der Waals surface area contributed by atoms with Crippen LogP contribution >= 0.6 is 0 Å². The summed E-state index contributed by atoms with van der Waals surface area (Å²) in [4.78, 5) is 8.45. The second kappa shape index (κ2) is 5.00. The van der Waals surface area contributed by atoms with Crippen LogP contribution in [0.4, 0.5) is 0 Å². The van der Waals surface area contributed by atoms with Crippen LogP contribution < -0.4 is 0 Å². The molecule has 0 unspecified atom stereocenters. The minimum atomic E-state index is 0.378. The molecule has 0 aromatic rings. The SMILES string of the molecule is [SiH3]C(N1CCCC1)(N1CCCC1)N1CCCC1. The van der Waals surface area contributed by atoms with Gasteiger partial charge in [-0.15, -0.1) is 0 Å². The van der Waals surface area contributed by atoms with Crippen LogP contribution in [0.2, 0.25) is 0 Å². The third-order valence-corrected chi connectivity index (χ3v) is 7.01. The Morgan fingerprint density at radius 2 is 0.765 bits per heavy atom. The second-order valence-corrected chi connectivity index (χ2v) is 7.39. The largest absolute Gasteiger partial charge is 0.277 e. The van der Waals surface area contributed by atoms with Crippen molar-refractivity contribution >= 4 is 10.2 Å². The third-order valence-electron chi connectivity index (χ3n) is 5.12. The topological polar surface area (TPSA) is 9.72 Å². The summed E-state index contributed by atoms with van der Waals surface area (Å²) in [7, 11) is 1.27. The van der Waals surface area contributed by atoms with Crippen molar-refractivity contribution < 1.29 is 0 Å². The molecule has 3 aliphatic heterocycles. The van der Waals surface area contributed by atoms with Crippen LogP contribution in [0.3, 0.4) is 0 Å². The average Bonchev–Trinajstić information content (AvgIpc) is 3.10. The smallest absolute Gasteiger partial charge is 0.105 e. The zero-order valence-electron chi connectivity index (χ0n) is 11.3. The predicted octanol–water partition coefficient (Wildman–Crippen LogP) is 0.251. The van der Waals surface area contributed by atoms with Gasteiger partial charge in [0.2, 0.25) is 0 Å². The van der Waals surface area contributed by atoms with Gasteiger partial charge in [-0.1, -0.05) is 0 Å². The van der Waals surface area contributed by atoms with Gasteiger partial charge in [0, 0.05) is 39.3 Å². The zero-order valence-corrected chi connectivity index (χ0v) is 13.3. The van der Waals surface area contributed by atoms with Gasteiger partial charge in [-0.05, 0) is 38.5 Å². The lowest BCUT2D eigenvalue weighted by Gasteiger charge is -2.52. The minimum absolute atomic E-state index is 0.378. The summed E-state index contributed by atoms with van der Waals surface area (Å²) < 4.78 is 0. The van der Waals surface area contributed by atoms with E-state index in [1.807, 2.05) is 0 Å². The highest BCUT2D eigenvalue weighted by Crippen LogP contribution is 2.31. The summed E-state index contributed by atoms with van der Waals surface area (Å²) in [6.07, 6.45) is 8.53. The van der Waals surface area contributed by atoms with Gasteiger partial charge < -0.3 is 0 Å². The molecule has 98 valence electrons. The summed E-state index contributed by atoms with van der Waals surface area (Å²) >= 11 is 0. The lowest BCUT2D eigenvalue weighted by atomic mass is 10.4. The first kappa shape index (κ1) is 12.1. The number of hydrogen-bond acceptors (Lipinski definition) is 3. The normalized spacial score (nSPS) is 29.6. The molecule has 0 radical (unpaired) electrons. The average molecular weight is 253 g/mol. The molecule has 0 N–H and O–H groups in total. The van der Waals surface area contributed by atoms with Gasteiger partial charge in [-0.25, -0.2) is 0 Å². The van der Waals surface area contributed by atoms with Gasteiger partial charge >= 0.3 is 0 Å². The third kappa shape index (κ3) is 2.09. The van der Waals surface area contributed by atoms with Gasteiger partial charge in [0.05, 0.1) is 10.2 Å². The van der Waals surface area contributed by atoms with Gasteiger partial charge in [-0.2, -0.15) is 0 Å². The maximum Gasteiger partial charge on any atom is 0.105 e. The molecule has 0 aromatic heterocycles. The molecule has 0 spiro atoms. The molecule has 0 aliphatic carbocycles. The molecule has 3 aliphatic rings. The van der Waals surface area contributed by atoms with Crippen molar-refractivity contribution in [2.75, 3.05) is 39.3 Å². The summed E-state index contributed by atoms with van der Waals surface area (Å²) in [6, 6.07) is 0. The van der Waals surface area contributed by atoms with E-state index >= 15 is 0 Å². The standard InChI is InChI=1S/C13H27N3Si/c17-13(14-7-1-2-8-14,15-9-3-4-10-15)16-11-5-6-12-16/h1-12H2,17H3. The first-order valence-corrected chi connectivity index (χ1v) is 8.57. The maximum absolute atomic E-state index is 2.82. The molecule has 0 atom stereocenters. The number of likely N-dealkylation sites (tertiary alicyclic amines) is 3. The monoisotopic (exact) mass is 253 g/mol. The van der Waals surface area contributed by atoms with Crippen LogP contribution in [0.15, 0.2) is 0 Å². The molecule has 0 amide bonds. The Bertz CT molecular complexity index is 213. The van der Waals surface area contributed by atoms with Crippen molar-refractivity contribution in [1.82, 2.24) is 14.7 Å². The number of nitrogens with zero attached hydrogens (tertiary/aromatic N) is 3. The molecule has 0 aromatic carbocycles. The molecule has 17 heavy (non-hydrogen) atoms. The van der Waals surface area contributed by atoms with Crippen LogP contribution in [-0.2, 0) is 0 Å². The van der Waals surface area contributed by atoms with Crippen LogP contribution in [-0.4, -0.2) is 69.6 Å². The van der Waals surface area contributed by atoms with E-state index in [1.54, 1.807) is 0 Å². The molecule has 4 heteroatoms. The van der Waals surface area contributed by atoms with Crippen molar-refractivity contribution in [3.05, 3.63) is 0 Å². The van der Waals surface area contributed by atoms with E-state index in [-0.39, 0.29) is 0 Å². The van der Waals surface area contributed by atoms with Gasteiger partial charge in [0.15, 0.2) is 0 Å². The van der Waals surface area contributed by atoms with Crippen LogP contribution in [0.1, 0.15) is 38.5 Å². The van der Waals surface area contributed by atoms with Crippen molar-refractivity contribution in [2.45, 2.75) is 43.9 Å². The molecule has 0 bridgehead atoms. The lowest BCUT2D eigenvalue weighted by Crippen LogP contribution is -2.68. The Kier molecular flexibility index (Phi) is 3.57. The highest BCUT2D eigenvalue weighted by atomic mass is 28.1. The van der Waals surface area contributed by atoms with Crippen molar-refractivity contribution in [2.24, 2.45) is 0 Å². The van der Waals surface area contributed by atoms with Gasteiger partial charge in [-0.3, -0.25) is 14.7 Å². The lowest BCUT2D eigenvalue weighted by molar-refractivity contribution is -0.0790. The van der Waals surface area contributed by atoms with Crippen LogP contribution in [0.5, 0.6) is 0 Å². The van der Waals surface area contributed by atoms with E-state index in [0.29, 0.717) is 5.41 Å². The summed E-state index contributed by atoms with van der Waals surface area (Å²) in [5.41, 5.74) is 0.378. The highest BCUT2D eigenvalue weighted by molar-refractivity contribution is 6.14. The highest BCUT2D eigenvalue weighted by Gasteiger charge is 2.45. The van der Waals surface area contributed by atoms with E-state index in [9.17, 15) is 0 Å². The van der Waals surface area contributed by atoms with Crippen molar-refractivity contribution in [1.29, 1.82) is 0 Å².